The summed E-state index contributed by atoms with van der Waals surface area (Å²) >= 11 is 0. The van der Waals surface area contributed by atoms with E-state index in [1.165, 1.54) is 0 Å². The Morgan fingerprint density at radius 2 is 2.18 bits per heavy atom. The molecule has 1 aromatic carbocycles. The minimum absolute atomic E-state index is 0.0525. The van der Waals surface area contributed by atoms with E-state index in [-0.39, 0.29) is 11.8 Å². The van der Waals surface area contributed by atoms with Crippen LogP contribution in [-0.2, 0) is 26.6 Å². The SMILES string of the molecule is C=CC(CC)CC(=O)NCc1cccc(C2(C)OCCO2)c1. The van der Waals surface area contributed by atoms with Crippen molar-refractivity contribution in [3.05, 3.63) is 48.0 Å². The van der Waals surface area contributed by atoms with Crippen LogP contribution in [0.3, 0.4) is 0 Å². The Morgan fingerprint density at radius 3 is 2.82 bits per heavy atom. The van der Waals surface area contributed by atoms with Gasteiger partial charge in [0.1, 0.15) is 0 Å². The summed E-state index contributed by atoms with van der Waals surface area (Å²) in [6.07, 6.45) is 3.26. The minimum atomic E-state index is -0.670. The van der Waals surface area contributed by atoms with Gasteiger partial charge < -0.3 is 14.8 Å². The fraction of sp³-hybridized carbons (Fsp3) is 0.500. The van der Waals surface area contributed by atoms with Crippen molar-refractivity contribution >= 4 is 5.91 Å². The van der Waals surface area contributed by atoms with E-state index < -0.39 is 5.79 Å². The molecule has 0 saturated carbocycles. The molecule has 0 aromatic heterocycles. The van der Waals surface area contributed by atoms with Crippen LogP contribution in [0.1, 0.15) is 37.8 Å². The third-order valence-corrected chi connectivity index (χ3v) is 4.08. The van der Waals surface area contributed by atoms with E-state index in [0.717, 1.165) is 17.5 Å². The molecule has 1 unspecified atom stereocenters. The number of amides is 1. The third-order valence-electron chi connectivity index (χ3n) is 4.08. The zero-order chi connectivity index (χ0) is 16.0. The highest BCUT2D eigenvalue weighted by Crippen LogP contribution is 2.31. The van der Waals surface area contributed by atoms with Crippen LogP contribution in [0.25, 0.3) is 0 Å². The number of hydrogen-bond donors (Lipinski definition) is 1. The Kier molecular flexibility index (Phi) is 5.75. The molecular formula is C18H25NO3. The molecule has 4 heteroatoms. The van der Waals surface area contributed by atoms with Gasteiger partial charge in [-0.15, -0.1) is 6.58 Å². The fourth-order valence-electron chi connectivity index (χ4n) is 2.55. The first-order valence-corrected chi connectivity index (χ1v) is 7.84. The van der Waals surface area contributed by atoms with Crippen molar-refractivity contribution < 1.29 is 14.3 Å². The first-order valence-electron chi connectivity index (χ1n) is 7.84. The van der Waals surface area contributed by atoms with Crippen molar-refractivity contribution in [1.82, 2.24) is 5.32 Å². The fourth-order valence-corrected chi connectivity index (χ4v) is 2.55. The standard InChI is InChI=1S/C18H25NO3/c1-4-14(5-2)12-17(20)19-13-15-7-6-8-16(11-15)18(3)21-9-10-22-18/h4,6-8,11,14H,1,5,9-10,12-13H2,2-3H3,(H,19,20). The Balaban J connectivity index is 1.93. The van der Waals surface area contributed by atoms with Gasteiger partial charge in [-0.3, -0.25) is 4.79 Å². The number of nitrogens with one attached hydrogen (secondary N) is 1. The number of rotatable bonds is 7. The van der Waals surface area contributed by atoms with Gasteiger partial charge in [0.25, 0.3) is 0 Å². The van der Waals surface area contributed by atoms with E-state index in [2.05, 4.69) is 18.8 Å². The molecule has 4 nitrogen and oxygen atoms in total. The molecule has 0 spiro atoms. The zero-order valence-electron chi connectivity index (χ0n) is 13.4. The van der Waals surface area contributed by atoms with Crippen LogP contribution in [0, 0.1) is 5.92 Å². The summed E-state index contributed by atoms with van der Waals surface area (Å²) in [7, 11) is 0. The molecule has 1 aliphatic heterocycles. The molecule has 1 aromatic rings. The van der Waals surface area contributed by atoms with E-state index in [9.17, 15) is 4.79 Å². The van der Waals surface area contributed by atoms with Gasteiger partial charge in [-0.05, 0) is 30.9 Å². The summed E-state index contributed by atoms with van der Waals surface area (Å²) in [4.78, 5) is 11.9. The topological polar surface area (TPSA) is 47.6 Å². The monoisotopic (exact) mass is 303 g/mol. The molecule has 22 heavy (non-hydrogen) atoms. The van der Waals surface area contributed by atoms with Gasteiger partial charge in [-0.25, -0.2) is 0 Å². The van der Waals surface area contributed by atoms with Gasteiger partial charge in [0, 0.05) is 18.5 Å². The lowest BCUT2D eigenvalue weighted by Gasteiger charge is -2.23. The van der Waals surface area contributed by atoms with Crippen molar-refractivity contribution in [1.29, 1.82) is 0 Å². The quantitative estimate of drug-likeness (QED) is 0.787. The highest BCUT2D eigenvalue weighted by Gasteiger charge is 2.33. The lowest BCUT2D eigenvalue weighted by atomic mass is 10.0. The molecule has 1 aliphatic rings. The molecule has 1 fully saturated rings. The zero-order valence-corrected chi connectivity index (χ0v) is 13.4. The summed E-state index contributed by atoms with van der Waals surface area (Å²) in [6, 6.07) is 7.97. The Hall–Kier alpha value is -1.65. The maximum atomic E-state index is 11.9. The van der Waals surface area contributed by atoms with Gasteiger partial charge in [0.2, 0.25) is 5.91 Å². The Labute approximate surface area is 132 Å². The van der Waals surface area contributed by atoms with E-state index in [4.69, 9.17) is 9.47 Å². The molecule has 1 amide bonds. The van der Waals surface area contributed by atoms with Crippen LogP contribution in [0.5, 0.6) is 0 Å². The molecule has 1 atom stereocenters. The molecule has 1 saturated heterocycles. The van der Waals surface area contributed by atoms with E-state index in [1.54, 1.807) is 0 Å². The highest BCUT2D eigenvalue weighted by atomic mass is 16.7. The predicted octanol–water partition coefficient (Wildman–Crippen LogP) is 3.12. The number of carbonyl (C=O) groups excluding carboxylic acids is 1. The second-order valence-electron chi connectivity index (χ2n) is 5.73. The van der Waals surface area contributed by atoms with E-state index in [0.29, 0.717) is 26.2 Å². The normalized spacial score (nSPS) is 17.9. The van der Waals surface area contributed by atoms with Gasteiger partial charge in [-0.2, -0.15) is 0 Å². The number of allylic oxidation sites excluding steroid dienone is 1. The van der Waals surface area contributed by atoms with Crippen molar-refractivity contribution in [2.75, 3.05) is 13.2 Å². The Bertz CT molecular complexity index is 521. The molecule has 0 radical (unpaired) electrons. The smallest absolute Gasteiger partial charge is 0.220 e. The number of ether oxygens (including phenoxy) is 2. The number of carbonyl (C=O) groups is 1. The van der Waals surface area contributed by atoms with Crippen molar-refractivity contribution in [2.24, 2.45) is 5.92 Å². The summed E-state index contributed by atoms with van der Waals surface area (Å²) < 4.78 is 11.3. The van der Waals surface area contributed by atoms with Gasteiger partial charge in [-0.1, -0.05) is 31.2 Å². The molecular weight excluding hydrogens is 278 g/mol. The maximum absolute atomic E-state index is 11.9. The second kappa shape index (κ2) is 7.56. The predicted molar refractivity (Wildman–Crippen MR) is 86.1 cm³/mol. The summed E-state index contributed by atoms with van der Waals surface area (Å²) in [5.41, 5.74) is 2.02. The lowest BCUT2D eigenvalue weighted by Crippen LogP contribution is -2.25. The van der Waals surface area contributed by atoms with Crippen LogP contribution < -0.4 is 5.32 Å². The summed E-state index contributed by atoms with van der Waals surface area (Å²) in [5.74, 6) is -0.377. The molecule has 0 bridgehead atoms. The Morgan fingerprint density at radius 1 is 1.45 bits per heavy atom. The van der Waals surface area contributed by atoms with Crippen LogP contribution in [-0.4, -0.2) is 19.1 Å². The number of benzene rings is 1. The van der Waals surface area contributed by atoms with Crippen LogP contribution >= 0.6 is 0 Å². The largest absolute Gasteiger partial charge is 0.352 e. The maximum Gasteiger partial charge on any atom is 0.220 e. The first-order chi connectivity index (χ1) is 10.6. The van der Waals surface area contributed by atoms with E-state index >= 15 is 0 Å². The van der Waals surface area contributed by atoms with E-state index in [1.807, 2.05) is 37.3 Å². The molecule has 0 aliphatic carbocycles. The third kappa shape index (κ3) is 4.18. The van der Waals surface area contributed by atoms with Crippen molar-refractivity contribution in [3.63, 3.8) is 0 Å². The molecule has 2 rings (SSSR count). The first kappa shape index (κ1) is 16.7. The minimum Gasteiger partial charge on any atom is -0.352 e. The average Bonchev–Trinajstić information content (AvgIpc) is 2.99. The molecule has 120 valence electrons. The second-order valence-corrected chi connectivity index (χ2v) is 5.73. The molecule has 1 N–H and O–H groups in total. The number of hydrogen-bond acceptors (Lipinski definition) is 3. The van der Waals surface area contributed by atoms with Crippen molar-refractivity contribution in [2.45, 2.75) is 39.0 Å². The lowest BCUT2D eigenvalue weighted by molar-refractivity contribution is -0.149. The van der Waals surface area contributed by atoms with Crippen molar-refractivity contribution in [3.8, 4) is 0 Å². The van der Waals surface area contributed by atoms with Crippen LogP contribution in [0.2, 0.25) is 0 Å². The van der Waals surface area contributed by atoms with Crippen LogP contribution in [0.15, 0.2) is 36.9 Å². The molecule has 1 heterocycles. The average molecular weight is 303 g/mol. The summed E-state index contributed by atoms with van der Waals surface area (Å²) in [5, 5.41) is 2.96. The van der Waals surface area contributed by atoms with Gasteiger partial charge in [0.15, 0.2) is 5.79 Å². The van der Waals surface area contributed by atoms with Crippen LogP contribution in [0.4, 0.5) is 0 Å². The van der Waals surface area contributed by atoms with Gasteiger partial charge in [0.05, 0.1) is 13.2 Å². The summed E-state index contributed by atoms with van der Waals surface area (Å²) in [6.45, 7) is 9.47. The van der Waals surface area contributed by atoms with Gasteiger partial charge >= 0.3 is 0 Å². The highest BCUT2D eigenvalue weighted by molar-refractivity contribution is 5.76.